The van der Waals surface area contributed by atoms with Gasteiger partial charge in [-0.3, -0.25) is 4.68 Å². The Bertz CT molecular complexity index is 519. The second-order valence-electron chi connectivity index (χ2n) is 4.51. The SMILES string of the molecule is Cc1nn(CC(CN)c2ccccc2)c(C)c1Cl. The molecule has 0 aliphatic heterocycles. The Morgan fingerprint density at radius 2 is 1.94 bits per heavy atom. The smallest absolute Gasteiger partial charge is 0.0844 e. The molecule has 96 valence electrons. The zero-order chi connectivity index (χ0) is 13.1. The maximum absolute atomic E-state index is 6.16. The van der Waals surface area contributed by atoms with Gasteiger partial charge >= 0.3 is 0 Å². The highest BCUT2D eigenvalue weighted by atomic mass is 35.5. The van der Waals surface area contributed by atoms with E-state index in [4.69, 9.17) is 17.3 Å². The molecule has 1 heterocycles. The van der Waals surface area contributed by atoms with Crippen LogP contribution in [0, 0.1) is 13.8 Å². The summed E-state index contributed by atoms with van der Waals surface area (Å²) in [7, 11) is 0. The standard InChI is InChI=1S/C14H18ClN3/c1-10-14(15)11(2)18(17-10)9-13(8-16)12-6-4-3-5-7-12/h3-7,13H,8-9,16H2,1-2H3. The lowest BCUT2D eigenvalue weighted by Crippen LogP contribution is -2.19. The monoisotopic (exact) mass is 263 g/mol. The van der Waals surface area contributed by atoms with Crippen LogP contribution in [0.1, 0.15) is 22.9 Å². The molecule has 0 bridgehead atoms. The van der Waals surface area contributed by atoms with Crippen LogP contribution in [-0.2, 0) is 6.54 Å². The molecule has 1 atom stereocenters. The third-order valence-electron chi connectivity index (χ3n) is 3.24. The van der Waals surface area contributed by atoms with Gasteiger partial charge in [-0.2, -0.15) is 5.10 Å². The van der Waals surface area contributed by atoms with Crippen molar-refractivity contribution in [2.24, 2.45) is 5.73 Å². The van der Waals surface area contributed by atoms with Crippen molar-refractivity contribution in [1.29, 1.82) is 0 Å². The maximum atomic E-state index is 6.16. The minimum absolute atomic E-state index is 0.264. The van der Waals surface area contributed by atoms with Gasteiger partial charge < -0.3 is 5.73 Å². The zero-order valence-electron chi connectivity index (χ0n) is 10.7. The second-order valence-corrected chi connectivity index (χ2v) is 4.89. The number of aromatic nitrogens is 2. The predicted molar refractivity (Wildman–Crippen MR) is 74.9 cm³/mol. The van der Waals surface area contributed by atoms with Gasteiger partial charge in [-0.15, -0.1) is 0 Å². The van der Waals surface area contributed by atoms with Crippen molar-refractivity contribution in [3.63, 3.8) is 0 Å². The lowest BCUT2D eigenvalue weighted by atomic mass is 9.99. The van der Waals surface area contributed by atoms with E-state index in [1.807, 2.05) is 36.7 Å². The van der Waals surface area contributed by atoms with Crippen molar-refractivity contribution >= 4 is 11.6 Å². The number of rotatable bonds is 4. The average molecular weight is 264 g/mol. The van der Waals surface area contributed by atoms with Crippen LogP contribution >= 0.6 is 11.6 Å². The Kier molecular flexibility index (Phi) is 4.04. The van der Waals surface area contributed by atoms with E-state index in [1.54, 1.807) is 0 Å². The molecule has 1 unspecified atom stereocenters. The first-order chi connectivity index (χ1) is 8.63. The van der Waals surface area contributed by atoms with Crippen molar-refractivity contribution in [1.82, 2.24) is 9.78 Å². The van der Waals surface area contributed by atoms with E-state index in [9.17, 15) is 0 Å². The molecule has 0 aliphatic carbocycles. The molecule has 0 radical (unpaired) electrons. The summed E-state index contributed by atoms with van der Waals surface area (Å²) in [6.07, 6.45) is 0. The van der Waals surface area contributed by atoms with Gasteiger partial charge in [0, 0.05) is 19.0 Å². The van der Waals surface area contributed by atoms with E-state index in [0.717, 1.165) is 23.0 Å². The van der Waals surface area contributed by atoms with E-state index in [1.165, 1.54) is 5.56 Å². The maximum Gasteiger partial charge on any atom is 0.0844 e. The number of hydrogen-bond donors (Lipinski definition) is 1. The molecular weight excluding hydrogens is 246 g/mol. The summed E-state index contributed by atoms with van der Waals surface area (Å²) in [6.45, 7) is 5.27. The quantitative estimate of drug-likeness (QED) is 0.922. The number of halogens is 1. The summed E-state index contributed by atoms with van der Waals surface area (Å²) < 4.78 is 1.95. The highest BCUT2D eigenvalue weighted by Gasteiger charge is 2.15. The van der Waals surface area contributed by atoms with Crippen molar-refractivity contribution in [3.8, 4) is 0 Å². The van der Waals surface area contributed by atoms with Gasteiger partial charge in [0.15, 0.2) is 0 Å². The molecule has 0 saturated heterocycles. The van der Waals surface area contributed by atoms with E-state index >= 15 is 0 Å². The summed E-state index contributed by atoms with van der Waals surface area (Å²) in [5, 5.41) is 5.20. The fourth-order valence-electron chi connectivity index (χ4n) is 2.10. The van der Waals surface area contributed by atoms with Crippen LogP contribution in [-0.4, -0.2) is 16.3 Å². The van der Waals surface area contributed by atoms with Gasteiger partial charge in [0.1, 0.15) is 0 Å². The first-order valence-electron chi connectivity index (χ1n) is 6.08. The van der Waals surface area contributed by atoms with Gasteiger partial charge in [-0.1, -0.05) is 41.9 Å². The molecular formula is C14H18ClN3. The van der Waals surface area contributed by atoms with E-state index in [-0.39, 0.29) is 5.92 Å². The number of benzene rings is 1. The first-order valence-corrected chi connectivity index (χ1v) is 6.45. The van der Waals surface area contributed by atoms with Gasteiger partial charge in [-0.25, -0.2) is 0 Å². The average Bonchev–Trinajstić information content (AvgIpc) is 2.64. The van der Waals surface area contributed by atoms with E-state index < -0.39 is 0 Å². The minimum atomic E-state index is 0.264. The molecule has 18 heavy (non-hydrogen) atoms. The fourth-order valence-corrected chi connectivity index (χ4v) is 2.24. The van der Waals surface area contributed by atoms with Crippen LogP contribution in [0.2, 0.25) is 5.02 Å². The number of hydrogen-bond acceptors (Lipinski definition) is 2. The molecule has 0 fully saturated rings. The van der Waals surface area contributed by atoms with Crippen LogP contribution in [0.15, 0.2) is 30.3 Å². The first kappa shape index (κ1) is 13.1. The Balaban J connectivity index is 2.23. The molecule has 2 rings (SSSR count). The highest BCUT2D eigenvalue weighted by Crippen LogP contribution is 2.22. The molecule has 0 amide bonds. The van der Waals surface area contributed by atoms with Crippen molar-refractivity contribution in [2.75, 3.05) is 6.54 Å². The third kappa shape index (κ3) is 2.57. The van der Waals surface area contributed by atoms with Crippen molar-refractivity contribution in [3.05, 3.63) is 52.3 Å². The molecule has 2 aromatic rings. The van der Waals surface area contributed by atoms with Gasteiger partial charge in [0.25, 0.3) is 0 Å². The Hall–Kier alpha value is -1.32. The van der Waals surface area contributed by atoms with Crippen molar-refractivity contribution in [2.45, 2.75) is 26.3 Å². The Morgan fingerprint density at radius 3 is 2.44 bits per heavy atom. The summed E-state index contributed by atoms with van der Waals surface area (Å²) in [5.74, 6) is 0.264. The van der Waals surface area contributed by atoms with Crippen LogP contribution in [0.3, 0.4) is 0 Å². The van der Waals surface area contributed by atoms with Gasteiger partial charge in [0.05, 0.1) is 16.4 Å². The van der Waals surface area contributed by atoms with E-state index in [0.29, 0.717) is 6.54 Å². The fraction of sp³-hybridized carbons (Fsp3) is 0.357. The van der Waals surface area contributed by atoms with Crippen LogP contribution in [0.25, 0.3) is 0 Å². The molecule has 0 spiro atoms. The highest BCUT2D eigenvalue weighted by molar-refractivity contribution is 6.31. The molecule has 0 saturated carbocycles. The summed E-state index contributed by atoms with van der Waals surface area (Å²) in [6, 6.07) is 10.3. The topological polar surface area (TPSA) is 43.8 Å². The van der Waals surface area contributed by atoms with E-state index in [2.05, 4.69) is 17.2 Å². The van der Waals surface area contributed by atoms with Gasteiger partial charge in [0.2, 0.25) is 0 Å². The summed E-state index contributed by atoms with van der Waals surface area (Å²) >= 11 is 6.16. The van der Waals surface area contributed by atoms with Crippen LogP contribution in [0.4, 0.5) is 0 Å². The van der Waals surface area contributed by atoms with Gasteiger partial charge in [-0.05, 0) is 19.4 Å². The number of aryl methyl sites for hydroxylation is 1. The minimum Gasteiger partial charge on any atom is -0.330 e. The lowest BCUT2D eigenvalue weighted by Gasteiger charge is -2.16. The summed E-state index contributed by atoms with van der Waals surface area (Å²) in [5.41, 5.74) is 8.99. The normalized spacial score (nSPS) is 12.7. The molecule has 0 aliphatic rings. The third-order valence-corrected chi connectivity index (χ3v) is 3.79. The predicted octanol–water partition coefficient (Wildman–Crippen LogP) is 2.90. The van der Waals surface area contributed by atoms with Crippen LogP contribution < -0.4 is 5.73 Å². The Morgan fingerprint density at radius 1 is 1.28 bits per heavy atom. The zero-order valence-corrected chi connectivity index (χ0v) is 11.5. The molecule has 4 heteroatoms. The largest absolute Gasteiger partial charge is 0.330 e. The lowest BCUT2D eigenvalue weighted by molar-refractivity contribution is 0.509. The number of nitrogens with zero attached hydrogens (tertiary/aromatic N) is 2. The number of nitrogens with two attached hydrogens (primary N) is 1. The summed E-state index contributed by atoms with van der Waals surface area (Å²) in [4.78, 5) is 0. The van der Waals surface area contributed by atoms with Crippen LogP contribution in [0.5, 0.6) is 0 Å². The second kappa shape index (κ2) is 5.55. The Labute approximate surface area is 113 Å². The van der Waals surface area contributed by atoms with Crippen molar-refractivity contribution < 1.29 is 0 Å². The molecule has 1 aromatic heterocycles. The molecule has 1 aromatic carbocycles. The molecule has 3 nitrogen and oxygen atoms in total. The molecule has 2 N–H and O–H groups in total.